The Kier molecular flexibility index (Phi) is 4.70. The number of rotatable bonds is 4. The maximum atomic E-state index is 13.0. The van der Waals surface area contributed by atoms with E-state index in [-0.39, 0.29) is 0 Å². The normalized spacial score (nSPS) is 13.7. The van der Waals surface area contributed by atoms with Crippen molar-refractivity contribution in [2.24, 2.45) is 0 Å². The van der Waals surface area contributed by atoms with Crippen molar-refractivity contribution in [2.45, 2.75) is 26.1 Å². The van der Waals surface area contributed by atoms with Crippen LogP contribution in [0.1, 0.15) is 22.8 Å². The third-order valence-corrected chi connectivity index (χ3v) is 2.43. The zero-order valence-electron chi connectivity index (χ0n) is 10.0. The van der Waals surface area contributed by atoms with E-state index < -0.39 is 31.3 Å². The Morgan fingerprint density at radius 2 is 1.72 bits per heavy atom. The zero-order chi connectivity index (χ0) is 13.9. The summed E-state index contributed by atoms with van der Waals surface area (Å²) in [6.07, 6.45) is -5.62. The second kappa shape index (κ2) is 5.67. The molecule has 0 aliphatic rings. The Labute approximate surface area is 102 Å². The highest BCUT2D eigenvalue weighted by molar-refractivity contribution is 5.36. The third-order valence-electron chi connectivity index (χ3n) is 2.43. The maximum Gasteiger partial charge on any atom is 0.411 e. The monoisotopic (exact) mass is 266 g/mol. The Hall–Kier alpha value is -1.14. The fourth-order valence-electron chi connectivity index (χ4n) is 1.82. The molecule has 0 radical (unpaired) electrons. The van der Waals surface area contributed by atoms with Crippen LogP contribution < -0.4 is 0 Å². The molecule has 0 saturated heterocycles. The molecule has 0 heterocycles. The molecule has 1 unspecified atom stereocenters. The lowest BCUT2D eigenvalue weighted by Crippen LogP contribution is -2.20. The predicted octanol–water partition coefficient (Wildman–Crippen LogP) is 3.05. The fraction of sp³-hybridized carbons (Fsp3) is 0.500. The van der Waals surface area contributed by atoms with Crippen LogP contribution in [-0.2, 0) is 4.74 Å². The van der Waals surface area contributed by atoms with Gasteiger partial charge in [-0.3, -0.25) is 0 Å². The molecule has 0 fully saturated rings. The molecule has 1 rings (SSSR count). The molecular weight excluding hydrogens is 252 g/mol. The molecule has 0 amide bonds. The average molecular weight is 266 g/mol. The maximum absolute atomic E-state index is 13.0. The largest absolute Gasteiger partial charge is 0.411 e. The van der Waals surface area contributed by atoms with Crippen molar-refractivity contribution in [3.05, 3.63) is 34.6 Å². The highest BCUT2D eigenvalue weighted by Gasteiger charge is 2.28. The standard InChI is InChI=1S/C12H14F4O2/c1-7-3-9(13)4-8(2)11(7)10(17)5-18-6-12(14,15)16/h3-4,10,17H,5-6H2,1-2H3. The summed E-state index contributed by atoms with van der Waals surface area (Å²) in [7, 11) is 0. The van der Waals surface area contributed by atoms with Crippen molar-refractivity contribution in [3.63, 3.8) is 0 Å². The Bertz CT molecular complexity index is 392. The number of hydrogen-bond acceptors (Lipinski definition) is 2. The third kappa shape index (κ3) is 4.27. The van der Waals surface area contributed by atoms with E-state index in [0.717, 1.165) is 0 Å². The van der Waals surface area contributed by atoms with Gasteiger partial charge in [-0.05, 0) is 42.7 Å². The summed E-state index contributed by atoms with van der Waals surface area (Å²) in [5.74, 6) is -0.447. The Balaban J connectivity index is 2.70. The summed E-state index contributed by atoms with van der Waals surface area (Å²) in [6, 6.07) is 2.44. The quantitative estimate of drug-likeness (QED) is 0.849. The number of benzene rings is 1. The van der Waals surface area contributed by atoms with Crippen LogP contribution in [-0.4, -0.2) is 24.5 Å². The van der Waals surface area contributed by atoms with Gasteiger partial charge in [0.1, 0.15) is 18.5 Å². The van der Waals surface area contributed by atoms with Gasteiger partial charge in [0.25, 0.3) is 0 Å². The van der Waals surface area contributed by atoms with E-state index >= 15 is 0 Å². The molecule has 6 heteroatoms. The van der Waals surface area contributed by atoms with Gasteiger partial charge in [0.15, 0.2) is 0 Å². The van der Waals surface area contributed by atoms with Crippen LogP contribution in [0.4, 0.5) is 17.6 Å². The summed E-state index contributed by atoms with van der Waals surface area (Å²) in [4.78, 5) is 0. The lowest BCUT2D eigenvalue weighted by molar-refractivity contribution is -0.179. The van der Waals surface area contributed by atoms with Crippen LogP contribution in [0.5, 0.6) is 0 Å². The van der Waals surface area contributed by atoms with Crippen molar-refractivity contribution in [1.82, 2.24) is 0 Å². The van der Waals surface area contributed by atoms with Crippen molar-refractivity contribution in [2.75, 3.05) is 13.2 Å². The number of ether oxygens (including phenoxy) is 1. The van der Waals surface area contributed by atoms with Crippen LogP contribution in [0, 0.1) is 19.7 Å². The molecule has 0 aliphatic heterocycles. The summed E-state index contributed by atoms with van der Waals surface area (Å²) >= 11 is 0. The first-order valence-electron chi connectivity index (χ1n) is 5.30. The molecule has 1 atom stereocenters. The minimum Gasteiger partial charge on any atom is -0.386 e. The van der Waals surface area contributed by atoms with Gasteiger partial charge in [0.05, 0.1) is 6.61 Å². The number of alkyl halides is 3. The highest BCUT2D eigenvalue weighted by atomic mass is 19.4. The molecule has 1 aromatic rings. The molecule has 0 aliphatic carbocycles. The highest BCUT2D eigenvalue weighted by Crippen LogP contribution is 2.24. The Morgan fingerprint density at radius 1 is 1.22 bits per heavy atom. The first kappa shape index (κ1) is 14.9. The Morgan fingerprint density at radius 3 is 2.17 bits per heavy atom. The number of halogens is 4. The molecule has 0 spiro atoms. The molecule has 0 saturated carbocycles. The molecule has 1 aromatic carbocycles. The van der Waals surface area contributed by atoms with E-state index in [0.29, 0.717) is 16.7 Å². The minimum absolute atomic E-state index is 0.401. The number of aliphatic hydroxyl groups is 1. The second-order valence-electron chi connectivity index (χ2n) is 4.10. The number of aliphatic hydroxyl groups excluding tert-OH is 1. The smallest absolute Gasteiger partial charge is 0.386 e. The van der Waals surface area contributed by atoms with E-state index in [1.807, 2.05) is 0 Å². The van der Waals surface area contributed by atoms with Gasteiger partial charge in [-0.1, -0.05) is 0 Å². The van der Waals surface area contributed by atoms with Crippen LogP contribution in [0.3, 0.4) is 0 Å². The number of aryl methyl sites for hydroxylation is 2. The number of hydrogen-bond donors (Lipinski definition) is 1. The summed E-state index contributed by atoms with van der Waals surface area (Å²) in [5.41, 5.74) is 1.37. The van der Waals surface area contributed by atoms with Gasteiger partial charge in [-0.2, -0.15) is 13.2 Å². The second-order valence-corrected chi connectivity index (χ2v) is 4.10. The summed E-state index contributed by atoms with van der Waals surface area (Å²) in [5, 5.41) is 9.76. The molecule has 1 N–H and O–H groups in total. The molecule has 18 heavy (non-hydrogen) atoms. The van der Waals surface area contributed by atoms with E-state index in [2.05, 4.69) is 4.74 Å². The first-order chi connectivity index (χ1) is 8.20. The van der Waals surface area contributed by atoms with E-state index in [4.69, 9.17) is 0 Å². The molecule has 2 nitrogen and oxygen atoms in total. The van der Waals surface area contributed by atoms with E-state index in [9.17, 15) is 22.7 Å². The molecule has 0 bridgehead atoms. The van der Waals surface area contributed by atoms with Gasteiger partial charge in [0, 0.05) is 0 Å². The lowest BCUT2D eigenvalue weighted by Gasteiger charge is -2.17. The SMILES string of the molecule is Cc1cc(F)cc(C)c1C(O)COCC(F)(F)F. The summed E-state index contributed by atoms with van der Waals surface area (Å²) < 4.78 is 53.0. The van der Waals surface area contributed by atoms with Crippen LogP contribution in [0.25, 0.3) is 0 Å². The van der Waals surface area contributed by atoms with Gasteiger partial charge in [-0.15, -0.1) is 0 Å². The van der Waals surface area contributed by atoms with Gasteiger partial charge in [0.2, 0.25) is 0 Å². The van der Waals surface area contributed by atoms with Crippen LogP contribution in [0.2, 0.25) is 0 Å². The fourth-order valence-corrected chi connectivity index (χ4v) is 1.82. The van der Waals surface area contributed by atoms with Crippen LogP contribution in [0.15, 0.2) is 12.1 Å². The summed E-state index contributed by atoms with van der Waals surface area (Å²) in [6.45, 7) is 1.27. The molecule has 102 valence electrons. The van der Waals surface area contributed by atoms with Crippen molar-refractivity contribution >= 4 is 0 Å². The topological polar surface area (TPSA) is 29.5 Å². The molecule has 0 aromatic heterocycles. The predicted molar refractivity (Wildman–Crippen MR) is 57.7 cm³/mol. The van der Waals surface area contributed by atoms with Gasteiger partial charge < -0.3 is 9.84 Å². The lowest BCUT2D eigenvalue weighted by atomic mass is 9.98. The minimum atomic E-state index is -4.42. The van der Waals surface area contributed by atoms with E-state index in [1.54, 1.807) is 13.8 Å². The zero-order valence-corrected chi connectivity index (χ0v) is 10.0. The average Bonchev–Trinajstić information content (AvgIpc) is 2.13. The van der Waals surface area contributed by atoms with Crippen molar-refractivity contribution < 1.29 is 27.4 Å². The van der Waals surface area contributed by atoms with Crippen LogP contribution >= 0.6 is 0 Å². The van der Waals surface area contributed by atoms with E-state index in [1.165, 1.54) is 12.1 Å². The molecular formula is C12H14F4O2. The van der Waals surface area contributed by atoms with Crippen molar-refractivity contribution in [1.29, 1.82) is 0 Å². The van der Waals surface area contributed by atoms with Gasteiger partial charge >= 0.3 is 6.18 Å². The van der Waals surface area contributed by atoms with Gasteiger partial charge in [-0.25, -0.2) is 4.39 Å². The first-order valence-corrected chi connectivity index (χ1v) is 5.30. The van der Waals surface area contributed by atoms with Crippen molar-refractivity contribution in [3.8, 4) is 0 Å².